The Labute approximate surface area is 121 Å². The van der Waals surface area contributed by atoms with Gasteiger partial charge in [-0.2, -0.15) is 0 Å². The highest BCUT2D eigenvalue weighted by molar-refractivity contribution is 5.86. The van der Waals surface area contributed by atoms with Gasteiger partial charge >= 0.3 is 5.97 Å². The first-order chi connectivity index (χ1) is 9.86. The fourth-order valence-electron chi connectivity index (χ4n) is 1.82. The van der Waals surface area contributed by atoms with E-state index in [0.717, 1.165) is 0 Å². The van der Waals surface area contributed by atoms with Crippen molar-refractivity contribution in [1.82, 2.24) is 5.32 Å². The molecule has 1 aromatic rings. The fraction of sp³-hybridized carbons (Fsp3) is 0.385. The Hall–Kier alpha value is -2.64. The molecule has 1 aromatic carbocycles. The Morgan fingerprint density at radius 3 is 2.57 bits per heavy atom. The maximum Gasteiger partial charge on any atom is 0.326 e. The molecule has 0 radical (unpaired) electrons. The topological polar surface area (TPSA) is 113 Å². The zero-order chi connectivity index (χ0) is 16.0. The number of anilines is 1. The van der Waals surface area contributed by atoms with Crippen molar-refractivity contribution in [3.05, 3.63) is 34.4 Å². The molecule has 0 spiro atoms. The van der Waals surface area contributed by atoms with Crippen molar-refractivity contribution >= 4 is 23.3 Å². The summed E-state index contributed by atoms with van der Waals surface area (Å²) in [6.07, 6.45) is 0.260. The maximum absolute atomic E-state index is 11.8. The number of amides is 1. The summed E-state index contributed by atoms with van der Waals surface area (Å²) in [6, 6.07) is 5.07. The van der Waals surface area contributed by atoms with Crippen LogP contribution in [-0.2, 0) is 9.59 Å². The van der Waals surface area contributed by atoms with E-state index >= 15 is 0 Å². The average molecular weight is 295 g/mol. The second-order valence-electron chi connectivity index (χ2n) is 4.47. The number of carboxylic acid groups (broad SMARTS) is 1. The number of nitrogens with zero attached hydrogens (tertiary/aromatic N) is 2. The van der Waals surface area contributed by atoms with Gasteiger partial charge in [0.1, 0.15) is 11.7 Å². The van der Waals surface area contributed by atoms with Crippen LogP contribution in [0.15, 0.2) is 24.3 Å². The van der Waals surface area contributed by atoms with Crippen molar-refractivity contribution in [3.63, 3.8) is 0 Å². The number of benzene rings is 1. The van der Waals surface area contributed by atoms with E-state index in [1.54, 1.807) is 13.0 Å². The predicted molar refractivity (Wildman–Crippen MR) is 76.2 cm³/mol. The minimum atomic E-state index is -1.11. The maximum atomic E-state index is 11.8. The normalized spacial score (nSPS) is 11.5. The Kier molecular flexibility index (Phi) is 5.65. The molecule has 2 N–H and O–H groups in total. The number of rotatable bonds is 7. The van der Waals surface area contributed by atoms with E-state index in [9.17, 15) is 19.7 Å². The molecule has 114 valence electrons. The molecule has 8 heteroatoms. The van der Waals surface area contributed by atoms with Crippen molar-refractivity contribution in [2.24, 2.45) is 0 Å². The molecule has 0 fully saturated rings. The molecule has 1 amide bonds. The van der Waals surface area contributed by atoms with Crippen LogP contribution >= 0.6 is 0 Å². The van der Waals surface area contributed by atoms with Crippen molar-refractivity contribution in [2.75, 3.05) is 18.5 Å². The first kappa shape index (κ1) is 16.4. The number of nitrogens with one attached hydrogen (secondary N) is 1. The van der Waals surface area contributed by atoms with Gasteiger partial charge in [-0.1, -0.05) is 19.1 Å². The lowest BCUT2D eigenvalue weighted by molar-refractivity contribution is -0.384. The van der Waals surface area contributed by atoms with Gasteiger partial charge in [0.05, 0.1) is 11.5 Å². The summed E-state index contributed by atoms with van der Waals surface area (Å²) >= 11 is 0. The number of nitro benzene ring substituents is 1. The van der Waals surface area contributed by atoms with E-state index in [0.29, 0.717) is 5.69 Å². The van der Waals surface area contributed by atoms with Crippen molar-refractivity contribution in [3.8, 4) is 0 Å². The largest absolute Gasteiger partial charge is 0.480 e. The lowest BCUT2D eigenvalue weighted by Crippen LogP contribution is -2.44. The molecule has 8 nitrogen and oxygen atoms in total. The van der Waals surface area contributed by atoms with Crippen LogP contribution in [0.4, 0.5) is 11.4 Å². The summed E-state index contributed by atoms with van der Waals surface area (Å²) in [6.45, 7) is 1.47. The number of para-hydroxylation sites is 2. The first-order valence-corrected chi connectivity index (χ1v) is 6.33. The smallest absolute Gasteiger partial charge is 0.326 e. The molecule has 0 aliphatic rings. The molecule has 21 heavy (non-hydrogen) atoms. The molecular formula is C13H17N3O5. The third-order valence-corrected chi connectivity index (χ3v) is 2.91. The Bertz CT molecular complexity index is 546. The zero-order valence-corrected chi connectivity index (χ0v) is 11.8. The molecule has 0 aliphatic carbocycles. The van der Waals surface area contributed by atoms with Gasteiger partial charge in [0.25, 0.3) is 5.69 Å². The summed E-state index contributed by atoms with van der Waals surface area (Å²) in [7, 11) is 1.53. The van der Waals surface area contributed by atoms with Crippen LogP contribution in [0.2, 0.25) is 0 Å². The van der Waals surface area contributed by atoms with Crippen molar-refractivity contribution in [1.29, 1.82) is 0 Å². The molecule has 1 unspecified atom stereocenters. The fourth-order valence-corrected chi connectivity index (χ4v) is 1.82. The van der Waals surface area contributed by atoms with Gasteiger partial charge in [-0.15, -0.1) is 0 Å². The van der Waals surface area contributed by atoms with E-state index in [2.05, 4.69) is 5.32 Å². The Balaban J connectivity index is 2.77. The summed E-state index contributed by atoms with van der Waals surface area (Å²) in [5, 5.41) is 22.2. The van der Waals surface area contributed by atoms with Crippen LogP contribution in [0, 0.1) is 10.1 Å². The van der Waals surface area contributed by atoms with Gasteiger partial charge in [-0.25, -0.2) is 4.79 Å². The molecule has 0 aromatic heterocycles. The van der Waals surface area contributed by atoms with Gasteiger partial charge in [0, 0.05) is 13.1 Å². The number of hydrogen-bond acceptors (Lipinski definition) is 5. The van der Waals surface area contributed by atoms with Gasteiger partial charge < -0.3 is 15.3 Å². The SMILES string of the molecule is CCC(NC(=O)CN(C)c1ccccc1[N+](=O)[O-])C(=O)O. The number of carboxylic acids is 1. The monoisotopic (exact) mass is 295 g/mol. The predicted octanol–water partition coefficient (Wildman–Crippen LogP) is 1.01. The third kappa shape index (κ3) is 4.44. The number of carbonyl (C=O) groups excluding carboxylic acids is 1. The lowest BCUT2D eigenvalue weighted by Gasteiger charge is -2.20. The van der Waals surface area contributed by atoms with E-state index in [1.807, 2.05) is 0 Å². The molecular weight excluding hydrogens is 278 g/mol. The van der Waals surface area contributed by atoms with Gasteiger partial charge in [0.15, 0.2) is 0 Å². The van der Waals surface area contributed by atoms with Gasteiger partial charge in [0.2, 0.25) is 5.91 Å². The minimum absolute atomic E-state index is 0.113. The van der Waals surface area contributed by atoms with Crippen LogP contribution in [0.3, 0.4) is 0 Å². The standard InChI is InChI=1S/C13H17N3O5/c1-3-9(13(18)19)14-12(17)8-15(2)10-6-4-5-7-11(10)16(20)21/h4-7,9H,3,8H2,1-2H3,(H,14,17)(H,18,19). The second kappa shape index (κ2) is 7.22. The minimum Gasteiger partial charge on any atom is -0.480 e. The zero-order valence-electron chi connectivity index (χ0n) is 11.8. The second-order valence-corrected chi connectivity index (χ2v) is 4.47. The van der Waals surface area contributed by atoms with Crippen LogP contribution in [0.1, 0.15) is 13.3 Å². The third-order valence-electron chi connectivity index (χ3n) is 2.91. The molecule has 0 bridgehead atoms. The van der Waals surface area contributed by atoms with E-state index < -0.39 is 22.8 Å². The number of carbonyl (C=O) groups is 2. The molecule has 1 atom stereocenters. The van der Waals surface area contributed by atoms with Crippen LogP contribution in [0.25, 0.3) is 0 Å². The molecule has 0 aliphatic heterocycles. The number of nitro groups is 1. The summed E-state index contributed by atoms with van der Waals surface area (Å²) in [5.74, 6) is -1.62. The molecule has 1 rings (SSSR count). The van der Waals surface area contributed by atoms with Crippen molar-refractivity contribution < 1.29 is 19.6 Å². The highest BCUT2D eigenvalue weighted by Crippen LogP contribution is 2.26. The number of likely N-dealkylation sites (N-methyl/N-ethyl adjacent to an activating group) is 1. The van der Waals surface area contributed by atoms with E-state index in [4.69, 9.17) is 5.11 Å². The average Bonchev–Trinajstić information content (AvgIpc) is 2.44. The Morgan fingerprint density at radius 2 is 2.05 bits per heavy atom. The molecule has 0 saturated heterocycles. The highest BCUT2D eigenvalue weighted by Gasteiger charge is 2.21. The highest BCUT2D eigenvalue weighted by atomic mass is 16.6. The van der Waals surface area contributed by atoms with E-state index in [1.165, 1.54) is 30.1 Å². The van der Waals surface area contributed by atoms with E-state index in [-0.39, 0.29) is 18.7 Å². The quantitative estimate of drug-likeness (QED) is 0.573. The first-order valence-electron chi connectivity index (χ1n) is 6.33. The van der Waals surface area contributed by atoms with Crippen LogP contribution in [-0.4, -0.2) is 41.5 Å². The van der Waals surface area contributed by atoms with Gasteiger partial charge in [-0.3, -0.25) is 14.9 Å². The Morgan fingerprint density at radius 1 is 1.43 bits per heavy atom. The van der Waals surface area contributed by atoms with Gasteiger partial charge in [-0.05, 0) is 12.5 Å². The van der Waals surface area contributed by atoms with Crippen LogP contribution < -0.4 is 10.2 Å². The summed E-state index contributed by atoms with van der Waals surface area (Å²) < 4.78 is 0. The number of hydrogen-bond donors (Lipinski definition) is 2. The summed E-state index contributed by atoms with van der Waals surface area (Å²) in [5.41, 5.74) is 0.180. The summed E-state index contributed by atoms with van der Waals surface area (Å²) in [4.78, 5) is 34.4. The van der Waals surface area contributed by atoms with Crippen LogP contribution in [0.5, 0.6) is 0 Å². The molecule has 0 saturated carbocycles. The van der Waals surface area contributed by atoms with Crippen molar-refractivity contribution in [2.45, 2.75) is 19.4 Å². The number of aliphatic carboxylic acids is 1. The lowest BCUT2D eigenvalue weighted by atomic mass is 10.2. The molecule has 0 heterocycles.